The SMILES string of the molecule is O=C(O)CN1CCC(N2CCN(c3ccc(-c4cnc5[nH]cc(C(=O)c6c(F)ccc(N(N7CC[C@@H](F)C7)S(=O)O)c6F)c5c4)cc3)CC2)CC1. The molecule has 16 heteroatoms. The van der Waals surface area contributed by atoms with Gasteiger partial charge in [0.1, 0.15) is 23.3 Å². The van der Waals surface area contributed by atoms with Crippen molar-refractivity contribution >= 4 is 45.4 Å². The number of aliphatic carboxylic acids is 1. The lowest BCUT2D eigenvalue weighted by atomic mass is 9.99. The first-order valence-corrected chi connectivity index (χ1v) is 18.0. The fourth-order valence-electron chi connectivity index (χ4n) is 7.43. The van der Waals surface area contributed by atoms with E-state index in [2.05, 4.69) is 19.8 Å². The fraction of sp³-hybridized carbons (Fsp3) is 0.400. The van der Waals surface area contributed by atoms with E-state index in [0.29, 0.717) is 27.1 Å². The number of piperidine rings is 1. The third-order valence-corrected chi connectivity index (χ3v) is 10.8. The number of hydrogen-bond acceptors (Lipinski definition) is 8. The Morgan fingerprint density at radius 1 is 0.961 bits per heavy atom. The van der Waals surface area contributed by atoms with Crippen molar-refractivity contribution in [2.45, 2.75) is 31.5 Å². The summed E-state index contributed by atoms with van der Waals surface area (Å²) in [6, 6.07) is 12.0. The number of anilines is 2. The highest BCUT2D eigenvalue weighted by molar-refractivity contribution is 7.80. The number of nitrogens with one attached hydrogen (secondary N) is 1. The van der Waals surface area contributed by atoms with Gasteiger partial charge in [-0.05, 0) is 55.2 Å². The topological polar surface area (TPSA) is 137 Å². The third-order valence-electron chi connectivity index (χ3n) is 10.1. The van der Waals surface area contributed by atoms with Crippen LogP contribution in [0.25, 0.3) is 22.2 Å². The van der Waals surface area contributed by atoms with Crippen LogP contribution in [0, 0.1) is 11.6 Å². The van der Waals surface area contributed by atoms with E-state index in [1.165, 1.54) is 6.20 Å². The summed E-state index contributed by atoms with van der Waals surface area (Å²) in [4.78, 5) is 38.9. The summed E-state index contributed by atoms with van der Waals surface area (Å²) in [6.07, 6.45) is 3.70. The van der Waals surface area contributed by atoms with E-state index in [1.807, 2.05) is 29.2 Å². The highest BCUT2D eigenvalue weighted by atomic mass is 32.2. The van der Waals surface area contributed by atoms with Gasteiger partial charge in [0.2, 0.25) is 5.78 Å². The van der Waals surface area contributed by atoms with Crippen molar-refractivity contribution in [3.8, 4) is 11.1 Å². The van der Waals surface area contributed by atoms with Crippen molar-refractivity contribution in [2.75, 3.05) is 68.2 Å². The predicted octanol–water partition coefficient (Wildman–Crippen LogP) is 4.31. The largest absolute Gasteiger partial charge is 0.480 e. The maximum absolute atomic E-state index is 15.9. The maximum atomic E-state index is 15.9. The molecule has 0 spiro atoms. The molecule has 2 atom stereocenters. The van der Waals surface area contributed by atoms with Gasteiger partial charge in [-0.25, -0.2) is 27.4 Å². The Hall–Kier alpha value is -4.35. The molecule has 2 aromatic carbocycles. The maximum Gasteiger partial charge on any atom is 0.317 e. The first-order chi connectivity index (χ1) is 24.6. The molecule has 0 bridgehead atoms. The molecule has 5 heterocycles. The number of fused-ring (bicyclic) bond motifs is 1. The van der Waals surface area contributed by atoms with Gasteiger partial charge in [0.15, 0.2) is 5.82 Å². The van der Waals surface area contributed by atoms with Gasteiger partial charge in [-0.15, -0.1) is 0 Å². The van der Waals surface area contributed by atoms with Crippen LogP contribution in [-0.4, -0.2) is 122 Å². The Labute approximate surface area is 294 Å². The zero-order chi connectivity index (χ0) is 35.8. The van der Waals surface area contributed by atoms with Gasteiger partial charge >= 0.3 is 5.97 Å². The first kappa shape index (κ1) is 35.1. The van der Waals surface area contributed by atoms with Crippen LogP contribution < -0.4 is 9.31 Å². The van der Waals surface area contributed by atoms with Crippen LogP contribution in [0.4, 0.5) is 24.5 Å². The summed E-state index contributed by atoms with van der Waals surface area (Å²) < 4.78 is 67.7. The van der Waals surface area contributed by atoms with Gasteiger partial charge in [0.25, 0.3) is 11.3 Å². The van der Waals surface area contributed by atoms with Crippen molar-refractivity contribution in [1.29, 1.82) is 0 Å². The number of ketones is 1. The Kier molecular flexibility index (Phi) is 10.1. The molecule has 0 saturated carbocycles. The molecule has 0 amide bonds. The van der Waals surface area contributed by atoms with Gasteiger partial charge in [0.05, 0.1) is 18.7 Å². The molecule has 3 aliphatic rings. The summed E-state index contributed by atoms with van der Waals surface area (Å²) in [5, 5.41) is 10.6. The lowest BCUT2D eigenvalue weighted by molar-refractivity contribution is -0.138. The van der Waals surface area contributed by atoms with Gasteiger partial charge in [-0.3, -0.25) is 23.9 Å². The quantitative estimate of drug-likeness (QED) is 0.160. The number of carbonyl (C=O) groups is 2. The molecule has 7 rings (SSSR count). The summed E-state index contributed by atoms with van der Waals surface area (Å²) >= 11 is -2.81. The van der Waals surface area contributed by atoms with Gasteiger partial charge in [-0.2, -0.15) is 4.41 Å². The minimum atomic E-state index is -2.81. The minimum absolute atomic E-state index is 0.0296. The molecule has 3 fully saturated rings. The molecule has 0 aliphatic carbocycles. The van der Waals surface area contributed by atoms with E-state index in [1.54, 1.807) is 12.3 Å². The second-order valence-corrected chi connectivity index (χ2v) is 14.0. The number of aromatic nitrogens is 2. The molecule has 1 unspecified atom stereocenters. The number of aromatic amines is 1. The highest BCUT2D eigenvalue weighted by Crippen LogP contribution is 2.33. The van der Waals surface area contributed by atoms with E-state index in [-0.39, 0.29) is 31.6 Å². The number of benzene rings is 2. The van der Waals surface area contributed by atoms with Crippen molar-refractivity contribution in [2.24, 2.45) is 0 Å². The lowest BCUT2D eigenvalue weighted by Gasteiger charge is -2.43. The van der Waals surface area contributed by atoms with Crippen molar-refractivity contribution in [1.82, 2.24) is 24.8 Å². The van der Waals surface area contributed by atoms with E-state index in [0.717, 1.165) is 80.5 Å². The summed E-state index contributed by atoms with van der Waals surface area (Å²) in [6.45, 7) is 5.06. The number of alkyl halides is 1. The molecule has 0 radical (unpaired) electrons. The number of H-pyrrole nitrogens is 1. The number of rotatable bonds is 10. The molecule has 2 aromatic heterocycles. The molecular weight excluding hydrogens is 687 g/mol. The van der Waals surface area contributed by atoms with E-state index < -0.39 is 52.1 Å². The van der Waals surface area contributed by atoms with Crippen molar-refractivity contribution in [3.63, 3.8) is 0 Å². The number of nitrogens with zero attached hydrogens (tertiary/aromatic N) is 6. The molecular formula is C35H38F3N7O5S. The second-order valence-electron chi connectivity index (χ2n) is 13.2. The van der Waals surface area contributed by atoms with Gasteiger partial charge in [0, 0.05) is 86.4 Å². The van der Waals surface area contributed by atoms with Crippen molar-refractivity contribution in [3.05, 3.63) is 77.6 Å². The van der Waals surface area contributed by atoms with Crippen LogP contribution in [0.3, 0.4) is 0 Å². The van der Waals surface area contributed by atoms with E-state index >= 15 is 8.78 Å². The summed E-state index contributed by atoms with van der Waals surface area (Å²) in [7, 11) is 0. The number of hydrogen-bond donors (Lipinski definition) is 3. The van der Waals surface area contributed by atoms with Crippen LogP contribution in [0.1, 0.15) is 35.2 Å². The van der Waals surface area contributed by atoms with Crippen LogP contribution >= 0.6 is 0 Å². The fourth-order valence-corrected chi connectivity index (χ4v) is 8.08. The number of hydrazine groups is 1. The number of pyridine rings is 1. The van der Waals surface area contributed by atoms with Crippen LogP contribution in [0.15, 0.2) is 54.9 Å². The Morgan fingerprint density at radius 2 is 1.69 bits per heavy atom. The van der Waals surface area contributed by atoms with Crippen LogP contribution in [0.5, 0.6) is 0 Å². The third kappa shape index (κ3) is 7.23. The smallest absolute Gasteiger partial charge is 0.317 e. The monoisotopic (exact) mass is 725 g/mol. The number of piperazine rings is 1. The summed E-state index contributed by atoms with van der Waals surface area (Å²) in [5.74, 6) is -4.25. The highest BCUT2D eigenvalue weighted by Gasteiger charge is 2.34. The lowest BCUT2D eigenvalue weighted by Crippen LogP contribution is -2.53. The number of halogens is 3. The molecule has 51 heavy (non-hydrogen) atoms. The summed E-state index contributed by atoms with van der Waals surface area (Å²) in [5.41, 5.74) is 1.47. The normalized spacial score (nSPS) is 20.2. The molecule has 3 aliphatic heterocycles. The second kappa shape index (κ2) is 14.7. The van der Waals surface area contributed by atoms with E-state index in [9.17, 15) is 22.7 Å². The zero-order valence-electron chi connectivity index (χ0n) is 27.7. The van der Waals surface area contributed by atoms with E-state index in [4.69, 9.17) is 5.11 Å². The first-order valence-electron chi connectivity index (χ1n) is 16.9. The average Bonchev–Trinajstić information content (AvgIpc) is 3.75. The minimum Gasteiger partial charge on any atom is -0.480 e. The van der Waals surface area contributed by atoms with Crippen molar-refractivity contribution < 1.29 is 36.6 Å². The molecule has 12 nitrogen and oxygen atoms in total. The predicted molar refractivity (Wildman–Crippen MR) is 187 cm³/mol. The number of carboxylic acids is 1. The Balaban J connectivity index is 1.06. The van der Waals surface area contributed by atoms with Gasteiger partial charge in [-0.1, -0.05) is 12.1 Å². The Bertz CT molecular complexity index is 1950. The van der Waals surface area contributed by atoms with Gasteiger partial charge < -0.3 is 15.0 Å². The average molecular weight is 726 g/mol. The molecule has 4 aromatic rings. The molecule has 3 saturated heterocycles. The number of carbonyl (C=O) groups excluding carboxylic acids is 1. The number of likely N-dealkylation sites (tertiary alicyclic amines) is 1. The molecule has 270 valence electrons. The van der Waals surface area contributed by atoms with Crippen LogP contribution in [-0.2, 0) is 16.1 Å². The number of carboxylic acid groups (broad SMARTS) is 1. The van der Waals surface area contributed by atoms with Crippen LogP contribution in [0.2, 0.25) is 0 Å². The standard InChI is InChI=1S/C35H38F3N7O5S/c36-24-7-12-44(20-24)45(51(49)50)30-6-5-29(37)32(33(30)38)34(48)28-19-40-35-27(28)17-23(18-39-35)22-1-3-25(4-2-22)42-13-15-43(16-14-42)26-8-10-41(11-9-26)21-31(46)47/h1-6,17-19,24,26H,7-16,20-21H2,(H,39,40)(H,46,47)(H,49,50)/t24-/m1/s1. The Morgan fingerprint density at radius 3 is 2.33 bits per heavy atom. The molecule has 3 N–H and O–H groups in total. The zero-order valence-corrected chi connectivity index (χ0v) is 28.5.